The lowest BCUT2D eigenvalue weighted by Crippen LogP contribution is -2.04. The molecule has 0 saturated carbocycles. The van der Waals surface area contributed by atoms with Crippen molar-refractivity contribution in [3.8, 4) is 22.6 Å². The van der Waals surface area contributed by atoms with Crippen molar-refractivity contribution in [1.82, 2.24) is 14.5 Å². The Morgan fingerprint density at radius 3 is 2.57 bits per heavy atom. The number of benzene rings is 1. The van der Waals surface area contributed by atoms with E-state index in [4.69, 9.17) is 5.73 Å². The van der Waals surface area contributed by atoms with E-state index in [1.54, 1.807) is 36.1 Å². The monoisotopic (exact) mass is 318 g/mol. The molecule has 23 heavy (non-hydrogen) atoms. The van der Waals surface area contributed by atoms with Gasteiger partial charge in [0, 0.05) is 36.8 Å². The second kappa shape index (κ2) is 5.42. The number of hydrogen-bond donors (Lipinski definition) is 1. The minimum atomic E-state index is -4.38. The molecule has 3 aromatic rings. The van der Waals surface area contributed by atoms with Gasteiger partial charge in [0.05, 0.1) is 16.9 Å². The second-order valence-corrected chi connectivity index (χ2v) is 5.15. The van der Waals surface area contributed by atoms with Crippen LogP contribution in [0.5, 0.6) is 0 Å². The van der Waals surface area contributed by atoms with Crippen molar-refractivity contribution in [3.63, 3.8) is 0 Å². The van der Waals surface area contributed by atoms with Gasteiger partial charge in [-0.1, -0.05) is 12.1 Å². The van der Waals surface area contributed by atoms with Gasteiger partial charge in [0.25, 0.3) is 0 Å². The van der Waals surface area contributed by atoms with Gasteiger partial charge in [-0.15, -0.1) is 0 Å². The van der Waals surface area contributed by atoms with Crippen LogP contribution in [0, 0.1) is 0 Å². The maximum Gasteiger partial charge on any atom is 0.416 e. The number of imidazole rings is 1. The van der Waals surface area contributed by atoms with Crippen molar-refractivity contribution in [1.29, 1.82) is 0 Å². The number of anilines is 1. The Balaban J connectivity index is 2.05. The third kappa shape index (κ3) is 3.03. The minimum Gasteiger partial charge on any atom is -0.397 e. The van der Waals surface area contributed by atoms with Crippen LogP contribution in [0.2, 0.25) is 0 Å². The molecule has 0 unspecified atom stereocenters. The van der Waals surface area contributed by atoms with Crippen LogP contribution in [0.4, 0.5) is 18.9 Å². The van der Waals surface area contributed by atoms with Crippen LogP contribution in [-0.2, 0) is 13.2 Å². The first-order valence-corrected chi connectivity index (χ1v) is 6.76. The summed E-state index contributed by atoms with van der Waals surface area (Å²) in [7, 11) is 1.77. The molecule has 0 spiro atoms. The molecule has 2 aromatic heterocycles. The van der Waals surface area contributed by atoms with Crippen LogP contribution >= 0.6 is 0 Å². The van der Waals surface area contributed by atoms with E-state index in [1.165, 1.54) is 12.3 Å². The molecule has 7 heteroatoms. The molecule has 0 saturated heterocycles. The van der Waals surface area contributed by atoms with Crippen molar-refractivity contribution in [2.24, 2.45) is 7.05 Å². The van der Waals surface area contributed by atoms with E-state index in [0.717, 1.165) is 12.1 Å². The van der Waals surface area contributed by atoms with Crippen molar-refractivity contribution < 1.29 is 13.2 Å². The Morgan fingerprint density at radius 2 is 1.87 bits per heavy atom. The van der Waals surface area contributed by atoms with Crippen LogP contribution in [0.1, 0.15) is 5.56 Å². The van der Waals surface area contributed by atoms with E-state index in [0.29, 0.717) is 28.3 Å². The summed E-state index contributed by atoms with van der Waals surface area (Å²) < 4.78 is 40.2. The van der Waals surface area contributed by atoms with E-state index < -0.39 is 11.7 Å². The smallest absolute Gasteiger partial charge is 0.397 e. The first-order valence-electron chi connectivity index (χ1n) is 6.76. The summed E-state index contributed by atoms with van der Waals surface area (Å²) in [6.45, 7) is 0. The summed E-state index contributed by atoms with van der Waals surface area (Å²) in [5.41, 5.74) is 7.05. The number of alkyl halides is 3. The SMILES string of the molecule is Cn1cc(-c2cccc(C(F)(F)F)c2)nc1-c1cncc(N)c1. The molecule has 0 aliphatic heterocycles. The maximum absolute atomic E-state index is 12.8. The normalized spacial score (nSPS) is 11.7. The molecule has 2 N–H and O–H groups in total. The lowest BCUT2D eigenvalue weighted by atomic mass is 10.1. The lowest BCUT2D eigenvalue weighted by Gasteiger charge is -2.07. The van der Waals surface area contributed by atoms with E-state index in [9.17, 15) is 13.2 Å². The molecule has 118 valence electrons. The number of pyridine rings is 1. The van der Waals surface area contributed by atoms with Gasteiger partial charge in [0.2, 0.25) is 0 Å². The number of rotatable bonds is 2. The average Bonchev–Trinajstić information content (AvgIpc) is 2.89. The Hall–Kier alpha value is -2.83. The summed E-state index contributed by atoms with van der Waals surface area (Å²) in [5, 5.41) is 0. The summed E-state index contributed by atoms with van der Waals surface area (Å²) in [6, 6.07) is 6.80. The second-order valence-electron chi connectivity index (χ2n) is 5.15. The number of halogens is 3. The molecule has 0 radical (unpaired) electrons. The fourth-order valence-corrected chi connectivity index (χ4v) is 2.31. The molecule has 0 aliphatic carbocycles. The molecule has 3 rings (SSSR count). The van der Waals surface area contributed by atoms with E-state index in [1.807, 2.05) is 0 Å². The van der Waals surface area contributed by atoms with Crippen LogP contribution in [0.15, 0.2) is 48.9 Å². The quantitative estimate of drug-likeness (QED) is 0.783. The number of aryl methyl sites for hydroxylation is 1. The first kappa shape index (κ1) is 15.1. The highest BCUT2D eigenvalue weighted by molar-refractivity contribution is 5.66. The van der Waals surface area contributed by atoms with Gasteiger partial charge in [-0.3, -0.25) is 4.98 Å². The number of nitrogens with two attached hydrogens (primary N) is 1. The van der Waals surface area contributed by atoms with Gasteiger partial charge in [-0.05, 0) is 18.2 Å². The molecule has 0 fully saturated rings. The Kier molecular flexibility index (Phi) is 3.55. The number of aromatic nitrogens is 3. The van der Waals surface area contributed by atoms with Crippen LogP contribution in [0.25, 0.3) is 22.6 Å². The summed E-state index contributed by atoms with van der Waals surface area (Å²) in [4.78, 5) is 8.42. The average molecular weight is 318 g/mol. The number of hydrogen-bond acceptors (Lipinski definition) is 3. The third-order valence-corrected chi connectivity index (χ3v) is 3.38. The number of nitrogens with zero attached hydrogens (tertiary/aromatic N) is 3. The van der Waals surface area contributed by atoms with Crippen molar-refractivity contribution in [2.75, 3.05) is 5.73 Å². The summed E-state index contributed by atoms with van der Waals surface area (Å²) in [5.74, 6) is 0.581. The van der Waals surface area contributed by atoms with Gasteiger partial charge in [-0.25, -0.2) is 4.98 Å². The highest BCUT2D eigenvalue weighted by Gasteiger charge is 2.30. The molecule has 4 nitrogen and oxygen atoms in total. The van der Waals surface area contributed by atoms with Crippen molar-refractivity contribution >= 4 is 5.69 Å². The third-order valence-electron chi connectivity index (χ3n) is 3.38. The number of nitrogen functional groups attached to an aromatic ring is 1. The van der Waals surface area contributed by atoms with Crippen molar-refractivity contribution in [2.45, 2.75) is 6.18 Å². The molecule has 2 heterocycles. The van der Waals surface area contributed by atoms with Crippen LogP contribution in [-0.4, -0.2) is 14.5 Å². The van der Waals surface area contributed by atoms with Crippen LogP contribution < -0.4 is 5.73 Å². The zero-order valence-corrected chi connectivity index (χ0v) is 12.2. The van der Waals surface area contributed by atoms with Crippen molar-refractivity contribution in [3.05, 3.63) is 54.5 Å². The topological polar surface area (TPSA) is 56.7 Å². The summed E-state index contributed by atoms with van der Waals surface area (Å²) >= 11 is 0. The highest BCUT2D eigenvalue weighted by atomic mass is 19.4. The standard InChI is InChI=1S/C16H13F3N4/c1-23-9-14(10-3-2-4-12(5-10)16(17,18)19)22-15(23)11-6-13(20)8-21-7-11/h2-9H,20H2,1H3. The molecule has 0 amide bonds. The highest BCUT2D eigenvalue weighted by Crippen LogP contribution is 2.32. The Labute approximate surface area is 130 Å². The van der Waals surface area contributed by atoms with Gasteiger partial charge in [-0.2, -0.15) is 13.2 Å². The van der Waals surface area contributed by atoms with Crippen LogP contribution in [0.3, 0.4) is 0 Å². The zero-order chi connectivity index (χ0) is 16.6. The van der Waals surface area contributed by atoms with E-state index >= 15 is 0 Å². The molecule has 1 aromatic carbocycles. The minimum absolute atomic E-state index is 0.401. The largest absolute Gasteiger partial charge is 0.416 e. The maximum atomic E-state index is 12.8. The summed E-state index contributed by atoms with van der Waals surface area (Å²) in [6.07, 6.45) is 0.411. The fraction of sp³-hybridized carbons (Fsp3) is 0.125. The Bertz CT molecular complexity index is 853. The first-order chi connectivity index (χ1) is 10.8. The van der Waals surface area contributed by atoms with Gasteiger partial charge in [0.15, 0.2) is 0 Å². The molecule has 0 aliphatic rings. The molecule has 0 atom stereocenters. The van der Waals surface area contributed by atoms with E-state index in [2.05, 4.69) is 9.97 Å². The lowest BCUT2D eigenvalue weighted by molar-refractivity contribution is -0.137. The predicted octanol–water partition coefficient (Wildman–Crippen LogP) is 3.75. The Morgan fingerprint density at radius 1 is 1.09 bits per heavy atom. The molecular formula is C16H13F3N4. The predicted molar refractivity (Wildman–Crippen MR) is 81.3 cm³/mol. The van der Waals surface area contributed by atoms with Gasteiger partial charge < -0.3 is 10.3 Å². The van der Waals surface area contributed by atoms with Gasteiger partial charge >= 0.3 is 6.18 Å². The molecular weight excluding hydrogens is 305 g/mol. The van der Waals surface area contributed by atoms with E-state index in [-0.39, 0.29) is 0 Å². The fourth-order valence-electron chi connectivity index (χ4n) is 2.31. The zero-order valence-electron chi connectivity index (χ0n) is 12.2. The molecule has 0 bridgehead atoms. The van der Waals surface area contributed by atoms with Gasteiger partial charge in [0.1, 0.15) is 5.82 Å².